The number of benzene rings is 3. The van der Waals surface area contributed by atoms with Crippen molar-refractivity contribution in [1.29, 1.82) is 0 Å². The van der Waals surface area contributed by atoms with Crippen LogP contribution in [0.25, 0.3) is 21.8 Å². The van der Waals surface area contributed by atoms with E-state index < -0.39 is 243 Å². The maximum Gasteiger partial charge on any atom is 0.246 e. The second-order valence-electron chi connectivity index (χ2n) is 34.5. The van der Waals surface area contributed by atoms with Crippen LogP contribution in [-0.2, 0) is 112 Å². The lowest BCUT2D eigenvalue weighted by Gasteiger charge is -2.36. The molecule has 3 aromatic carbocycles. The number of nitrogens with zero attached hydrogens (tertiary/aromatic N) is 6. The number of aromatic amines is 3. The van der Waals surface area contributed by atoms with Gasteiger partial charge in [0, 0.05) is 119 Å². The lowest BCUT2D eigenvalue weighted by atomic mass is 9.99. The van der Waals surface area contributed by atoms with E-state index >= 15 is 33.6 Å². The van der Waals surface area contributed by atoms with E-state index in [0.717, 1.165) is 14.7 Å². The largest absolute Gasteiger partial charge is 0.508 e. The molecule has 3 aromatic heterocycles. The summed E-state index contributed by atoms with van der Waals surface area (Å²) in [7, 11) is 4.00. The number of aliphatic hydroxyl groups is 1. The number of phenolic OH excluding ortho intramolecular Hbond substituents is 1. The van der Waals surface area contributed by atoms with E-state index in [0.29, 0.717) is 64.2 Å². The first-order chi connectivity index (χ1) is 63.3. The number of hydrogen-bond acceptors (Lipinski definition) is 22. The van der Waals surface area contributed by atoms with Crippen molar-refractivity contribution in [2.24, 2.45) is 23.1 Å². The number of primary amides is 3. The van der Waals surface area contributed by atoms with E-state index in [-0.39, 0.29) is 94.7 Å². The highest BCUT2D eigenvalue weighted by molar-refractivity contribution is 6.02. The number of phenols is 1. The molecule has 3 aliphatic rings. The summed E-state index contributed by atoms with van der Waals surface area (Å²) in [6.45, 7) is 5.61. The Hall–Kier alpha value is -13.9. The van der Waals surface area contributed by atoms with Gasteiger partial charge in [-0.2, -0.15) is 0 Å². The van der Waals surface area contributed by atoms with Crippen LogP contribution < -0.4 is 75.7 Å². The molecule has 3 fully saturated rings. The van der Waals surface area contributed by atoms with E-state index in [1.165, 1.54) is 74.7 Å². The number of likely N-dealkylation sites (N-methyl/N-ethyl adjacent to an activating group) is 3. The van der Waals surface area contributed by atoms with E-state index in [2.05, 4.69) is 78.4 Å². The maximum absolute atomic E-state index is 15.6. The van der Waals surface area contributed by atoms with Crippen molar-refractivity contribution < 1.29 is 96.5 Å². The average Bonchev–Trinajstić information content (AvgIpc) is 1.73. The molecule has 18 amide bonds. The molecule has 133 heavy (non-hydrogen) atoms. The number of aliphatic hydroxyl groups excluding tert-OH is 1. The summed E-state index contributed by atoms with van der Waals surface area (Å²) >= 11 is 0. The molecule has 0 bridgehead atoms. The third kappa shape index (κ3) is 28.8. The summed E-state index contributed by atoms with van der Waals surface area (Å²) in [4.78, 5) is 279. The van der Waals surface area contributed by atoms with Gasteiger partial charge < -0.3 is 125 Å². The van der Waals surface area contributed by atoms with Crippen LogP contribution in [0.2, 0.25) is 0 Å². The number of fused-ring (bicyclic) bond motifs is 4. The summed E-state index contributed by atoms with van der Waals surface area (Å²) in [5.41, 5.74) is 19.9. The van der Waals surface area contributed by atoms with E-state index in [1.54, 1.807) is 74.8 Å². The number of rotatable bonds is 24. The summed E-state index contributed by atoms with van der Waals surface area (Å²) in [5.74, 6) is -17.0. The normalized spacial score (nSPS) is 24.5. The fraction of sp³-hybridized carbons (Fsp3) is 0.522. The zero-order valence-electron chi connectivity index (χ0n) is 76.0. The number of hydrogen-bond donors (Lipinski definition) is 19. The second kappa shape index (κ2) is 48.9. The van der Waals surface area contributed by atoms with Crippen molar-refractivity contribution in [1.82, 2.24) is 103 Å². The Kier molecular flexibility index (Phi) is 37.8. The van der Waals surface area contributed by atoms with Gasteiger partial charge in [-0.3, -0.25) is 86.3 Å². The van der Waals surface area contributed by atoms with Gasteiger partial charge in [-0.25, -0.2) is 4.98 Å². The van der Waals surface area contributed by atoms with Crippen LogP contribution in [0, 0.1) is 5.92 Å². The number of imidazole rings is 1. The number of carbonyl (C=O) groups is 18. The van der Waals surface area contributed by atoms with Crippen molar-refractivity contribution in [3.8, 4) is 5.75 Å². The van der Waals surface area contributed by atoms with Gasteiger partial charge in [0.15, 0.2) is 0 Å². The highest BCUT2D eigenvalue weighted by Gasteiger charge is 2.46. The number of unbranched alkanes of at least 4 members (excludes halogenated alkanes) is 2. The summed E-state index contributed by atoms with van der Waals surface area (Å²) in [5, 5.41) is 52.2. The van der Waals surface area contributed by atoms with Crippen LogP contribution in [0.5, 0.6) is 5.75 Å². The molecule has 0 radical (unpaired) electrons. The Balaban J connectivity index is 1.07. The van der Waals surface area contributed by atoms with Crippen molar-refractivity contribution >= 4 is 128 Å². The number of aromatic hydroxyl groups is 1. The molecule has 14 atom stereocenters. The highest BCUT2D eigenvalue weighted by Crippen LogP contribution is 2.28. The van der Waals surface area contributed by atoms with E-state index in [9.17, 15) is 63.0 Å². The zero-order chi connectivity index (χ0) is 97.0. The minimum absolute atomic E-state index is 0.0233. The number of para-hydroxylation sites is 2. The van der Waals surface area contributed by atoms with Crippen molar-refractivity contribution in [3.63, 3.8) is 0 Å². The first-order valence-corrected chi connectivity index (χ1v) is 44.8. The molecular formula is C90H125N23O20. The second-order valence-corrected chi connectivity index (χ2v) is 34.5. The Morgan fingerprint density at radius 1 is 0.526 bits per heavy atom. The number of carbonyl (C=O) groups excluding carboxylic acids is 18. The fourth-order valence-electron chi connectivity index (χ4n) is 16.6. The lowest BCUT2D eigenvalue weighted by molar-refractivity contribution is -0.149. The predicted molar refractivity (Wildman–Crippen MR) is 483 cm³/mol. The van der Waals surface area contributed by atoms with Crippen LogP contribution in [0.1, 0.15) is 147 Å². The van der Waals surface area contributed by atoms with Gasteiger partial charge in [0.05, 0.1) is 38.5 Å². The molecule has 720 valence electrons. The SMILES string of the molecule is CCCC[C@H]1C(=O)N(C)[C@@H](CCCC)C(=O)N[C@@H](CC(C)C)C(=O)N[C@H](C(=O)NCC(N)=O)CCNCC(=O)N[C@@H](Cc2ccc(O)cc2)C(=O)N(C)[C@@H](C)C(=O)N[C@@H](CC(N)=O)C(=O)N2CCC[C@H]2C(=O)N[C@@H](Cc2cnc[nH]2)C(=O)N[C@@H](CCC(N)=O)C(=O)N2C[C@H](O)C[C@H]2C(=O)N[C@@H](Cc2c[nH]c3ccccc23)C(=O)NCC(=O)N[C@@H](Cc2c[nH]c3ccccc23)C(=O)N1C. The fourth-order valence-corrected chi connectivity index (χ4v) is 16.6. The molecule has 43 nitrogen and oxygen atoms in total. The van der Waals surface area contributed by atoms with Gasteiger partial charge in [-0.05, 0) is 105 Å². The number of amides is 18. The Bertz CT molecular complexity index is 5160. The van der Waals surface area contributed by atoms with Gasteiger partial charge in [-0.15, -0.1) is 0 Å². The topological polar surface area (TPSA) is 635 Å². The zero-order valence-corrected chi connectivity index (χ0v) is 76.0. The molecule has 0 aliphatic carbocycles. The quantitative estimate of drug-likeness (QED) is 0.0286. The van der Waals surface area contributed by atoms with Crippen LogP contribution in [-0.4, -0.2) is 306 Å². The third-order valence-corrected chi connectivity index (χ3v) is 24.0. The Morgan fingerprint density at radius 2 is 1.08 bits per heavy atom. The number of aromatic nitrogens is 4. The van der Waals surface area contributed by atoms with Gasteiger partial charge >= 0.3 is 0 Å². The molecule has 0 unspecified atom stereocenters. The van der Waals surface area contributed by atoms with E-state index in [1.807, 2.05) is 13.8 Å². The van der Waals surface area contributed by atoms with Gasteiger partial charge in [0.2, 0.25) is 106 Å². The highest BCUT2D eigenvalue weighted by atomic mass is 16.3. The Morgan fingerprint density at radius 3 is 1.68 bits per heavy atom. The van der Waals surface area contributed by atoms with Gasteiger partial charge in [-0.1, -0.05) is 102 Å². The van der Waals surface area contributed by atoms with Crippen LogP contribution in [0.4, 0.5) is 0 Å². The van der Waals surface area contributed by atoms with Gasteiger partial charge in [0.25, 0.3) is 0 Å². The number of nitrogens with one attached hydrogen (secondary N) is 14. The molecule has 22 N–H and O–H groups in total. The minimum atomic E-state index is -1.79. The van der Waals surface area contributed by atoms with Crippen molar-refractivity contribution in [3.05, 3.63) is 120 Å². The number of nitrogens with two attached hydrogens (primary N) is 3. The van der Waals surface area contributed by atoms with Crippen LogP contribution in [0.3, 0.4) is 0 Å². The molecule has 0 spiro atoms. The molecule has 0 saturated carbocycles. The minimum Gasteiger partial charge on any atom is -0.508 e. The summed E-state index contributed by atoms with van der Waals surface area (Å²) in [6.07, 6.45) is 2.84. The maximum atomic E-state index is 15.6. The van der Waals surface area contributed by atoms with Crippen LogP contribution in [0.15, 0.2) is 97.7 Å². The molecular weight excluding hydrogens is 1720 g/mol. The van der Waals surface area contributed by atoms with E-state index in [4.69, 9.17) is 17.2 Å². The van der Waals surface area contributed by atoms with Crippen molar-refractivity contribution in [2.45, 2.75) is 235 Å². The lowest BCUT2D eigenvalue weighted by Crippen LogP contribution is -2.60. The first kappa shape index (κ1) is 103. The third-order valence-electron chi connectivity index (χ3n) is 24.0. The van der Waals surface area contributed by atoms with Crippen molar-refractivity contribution in [2.75, 3.05) is 60.4 Å². The van der Waals surface area contributed by atoms with Crippen LogP contribution >= 0.6 is 0 Å². The first-order valence-electron chi connectivity index (χ1n) is 44.8. The molecule has 3 aliphatic heterocycles. The predicted octanol–water partition coefficient (Wildman–Crippen LogP) is -3.04. The summed E-state index contributed by atoms with van der Waals surface area (Å²) < 4.78 is 0. The standard InChI is InChI=1S/C90H125N23O20/c1-9-11-22-69-83(126)105-63(34-49(3)4)81(124)103-61(79(122)98-44-75(93)118)31-32-94-45-76(119)101-66(35-51-25-27-55(114)28-26-51)86(129)109(6)50(5)78(121)108-68(40-74(92)117)89(132)112-33-17-24-70(112)84(127)107-65(38-54-43-95-48-100-54)82(125)104-62(29-30-73(91)116)88(131)113-47-56(115)39-72(113)85(128)106-64(36-52-41-96-59-20-15-13-18-57(52)59)80(123)99-46-77(120)102-67(37-53-42-97-60-21-16-14-19-58(53)60)87(130)111(8)71(23-12-10-2)90(133)110(69)7/h13-16,18-21,25-28,41-43,48-50,56,61-72,94,96-97,114-115H,9-12,17,22-24,29-40,44-47H2,1-8H3,(H2,91,116)(H2,92,117)(H2,93,118)(H,95,100)(H,98,122)(H,99,123)(H,101,119)(H,102,120)(H,103,124)(H,104,125)(H,105,126)(H,106,128)(H,107,127)(H,108,121)/t50-,56+,61-,62-,63-,64-,65-,66-,67-,68-,69-,70-,71-,72-/m0/s1. The molecule has 6 heterocycles. The summed E-state index contributed by atoms with van der Waals surface area (Å²) in [6, 6.07) is 0.122. The average molecular weight is 1850 g/mol. The van der Waals surface area contributed by atoms with Gasteiger partial charge in [0.1, 0.15) is 84.3 Å². The monoisotopic (exact) mass is 1850 g/mol. The Labute approximate surface area is 768 Å². The number of H-pyrrole nitrogens is 3. The molecule has 43 heteroatoms. The molecule has 9 rings (SSSR count). The molecule has 6 aromatic rings. The smallest absolute Gasteiger partial charge is 0.246 e. The molecule has 3 saturated heterocycles.